The molecule has 0 saturated carbocycles. The highest BCUT2D eigenvalue weighted by Crippen LogP contribution is 2.08. The third-order valence-corrected chi connectivity index (χ3v) is 3.94. The lowest BCUT2D eigenvalue weighted by Crippen LogP contribution is -2.26. The second-order valence-corrected chi connectivity index (χ2v) is 5.71. The van der Waals surface area contributed by atoms with Crippen LogP contribution in [0.4, 0.5) is 0 Å². The van der Waals surface area contributed by atoms with Gasteiger partial charge in [0.2, 0.25) is 5.91 Å². The first-order valence-electron chi connectivity index (χ1n) is 6.74. The number of fused-ring (bicyclic) bond motifs is 1. The Kier molecular flexibility index (Phi) is 4.20. The number of rotatable bonds is 6. The van der Waals surface area contributed by atoms with Gasteiger partial charge in [-0.1, -0.05) is 6.07 Å². The summed E-state index contributed by atoms with van der Waals surface area (Å²) in [6.07, 6.45) is 7.39. The zero-order chi connectivity index (χ0) is 14.5. The summed E-state index contributed by atoms with van der Waals surface area (Å²) in [6, 6.07) is 3.93. The molecule has 1 N–H and O–H groups in total. The zero-order valence-electron chi connectivity index (χ0n) is 11.4. The van der Waals surface area contributed by atoms with E-state index in [1.165, 1.54) is 6.33 Å². The smallest absolute Gasteiger partial charge is 0.252 e. The summed E-state index contributed by atoms with van der Waals surface area (Å²) in [7, 11) is 0. The minimum atomic E-state index is 0.0716. The number of aromatic nitrogens is 4. The maximum absolute atomic E-state index is 11.7. The van der Waals surface area contributed by atoms with Crippen molar-refractivity contribution in [2.45, 2.75) is 19.3 Å². The van der Waals surface area contributed by atoms with E-state index < -0.39 is 0 Å². The third kappa shape index (κ3) is 3.63. The Morgan fingerprint density at radius 3 is 3.19 bits per heavy atom. The molecule has 3 heterocycles. The molecule has 0 spiro atoms. The van der Waals surface area contributed by atoms with Gasteiger partial charge >= 0.3 is 0 Å². The topological polar surface area (TPSA) is 72.2 Å². The van der Waals surface area contributed by atoms with E-state index in [2.05, 4.69) is 20.4 Å². The highest BCUT2D eigenvalue weighted by Gasteiger charge is 2.04. The first-order chi connectivity index (χ1) is 10.3. The molecule has 6 nitrogen and oxygen atoms in total. The molecule has 0 bridgehead atoms. The van der Waals surface area contributed by atoms with Crippen LogP contribution >= 0.6 is 11.3 Å². The molecule has 1 amide bonds. The summed E-state index contributed by atoms with van der Waals surface area (Å²) in [5, 5.41) is 8.97. The molecule has 0 fully saturated rings. The lowest BCUT2D eigenvalue weighted by molar-refractivity contribution is -0.120. The van der Waals surface area contributed by atoms with Crippen molar-refractivity contribution in [3.8, 4) is 0 Å². The van der Waals surface area contributed by atoms with E-state index in [1.54, 1.807) is 22.0 Å². The average molecular weight is 301 g/mol. The Morgan fingerprint density at radius 2 is 2.33 bits per heavy atom. The van der Waals surface area contributed by atoms with Gasteiger partial charge in [0.15, 0.2) is 0 Å². The summed E-state index contributed by atoms with van der Waals surface area (Å²) in [5.41, 5.74) is 1.08. The Balaban J connectivity index is 1.42. The van der Waals surface area contributed by atoms with Gasteiger partial charge in [0.05, 0.1) is 6.42 Å². The van der Waals surface area contributed by atoms with E-state index in [0.29, 0.717) is 18.7 Å². The molecule has 0 aliphatic carbocycles. The lowest BCUT2D eigenvalue weighted by Gasteiger charge is -2.04. The quantitative estimate of drug-likeness (QED) is 0.700. The van der Waals surface area contributed by atoms with Crippen LogP contribution < -0.4 is 5.32 Å². The first-order valence-corrected chi connectivity index (χ1v) is 7.62. The van der Waals surface area contributed by atoms with Crippen molar-refractivity contribution in [3.63, 3.8) is 0 Å². The van der Waals surface area contributed by atoms with Gasteiger partial charge in [0.1, 0.15) is 6.33 Å². The van der Waals surface area contributed by atoms with E-state index >= 15 is 0 Å². The minimum Gasteiger partial charge on any atom is -0.356 e. The number of aryl methyl sites for hydroxylation is 1. The molecule has 0 radical (unpaired) electrons. The lowest BCUT2D eigenvalue weighted by atomic mass is 10.2. The normalized spacial score (nSPS) is 10.9. The van der Waals surface area contributed by atoms with E-state index in [1.807, 2.05) is 23.7 Å². The predicted molar refractivity (Wildman–Crippen MR) is 80.1 cm³/mol. The SMILES string of the molecule is O=C(Cc1cccs1)NCCCc1cnc2ncnn2c1. The van der Waals surface area contributed by atoms with Crippen molar-refractivity contribution in [1.82, 2.24) is 24.9 Å². The fourth-order valence-electron chi connectivity index (χ4n) is 2.04. The van der Waals surface area contributed by atoms with Crippen LogP contribution in [0.25, 0.3) is 5.78 Å². The van der Waals surface area contributed by atoms with Crippen LogP contribution in [-0.4, -0.2) is 32.0 Å². The highest BCUT2D eigenvalue weighted by molar-refractivity contribution is 7.10. The Labute approximate surface area is 125 Å². The van der Waals surface area contributed by atoms with Crippen LogP contribution in [0.15, 0.2) is 36.2 Å². The Morgan fingerprint density at radius 1 is 1.38 bits per heavy atom. The number of thiophene rings is 1. The number of nitrogens with zero attached hydrogens (tertiary/aromatic N) is 4. The molecule has 0 saturated heterocycles. The molecule has 7 heteroatoms. The summed E-state index contributed by atoms with van der Waals surface area (Å²) >= 11 is 1.60. The van der Waals surface area contributed by atoms with Crippen LogP contribution in [0, 0.1) is 0 Å². The van der Waals surface area contributed by atoms with Crippen molar-refractivity contribution in [3.05, 3.63) is 46.7 Å². The first kappa shape index (κ1) is 13.7. The van der Waals surface area contributed by atoms with E-state index in [-0.39, 0.29) is 5.91 Å². The van der Waals surface area contributed by atoms with Crippen molar-refractivity contribution in [2.75, 3.05) is 6.54 Å². The molecular weight excluding hydrogens is 286 g/mol. The van der Waals surface area contributed by atoms with Gasteiger partial charge in [0, 0.05) is 23.8 Å². The van der Waals surface area contributed by atoms with Gasteiger partial charge in [-0.15, -0.1) is 11.3 Å². The second kappa shape index (κ2) is 6.45. The predicted octanol–water partition coefficient (Wildman–Crippen LogP) is 1.48. The van der Waals surface area contributed by atoms with Crippen molar-refractivity contribution in [2.24, 2.45) is 0 Å². The third-order valence-electron chi connectivity index (χ3n) is 3.07. The maximum atomic E-state index is 11.7. The number of carbonyl (C=O) groups is 1. The van der Waals surface area contributed by atoms with E-state index in [4.69, 9.17) is 0 Å². The van der Waals surface area contributed by atoms with Gasteiger partial charge < -0.3 is 5.32 Å². The average Bonchev–Trinajstić information content (AvgIpc) is 3.14. The summed E-state index contributed by atoms with van der Waals surface area (Å²) in [4.78, 5) is 21.0. The standard InChI is InChI=1S/C14H15N5OS/c20-13(7-12-4-2-6-21-12)15-5-1-3-11-8-16-14-17-10-18-19(14)9-11/h2,4,6,8-10H,1,3,5,7H2,(H,15,20). The van der Waals surface area contributed by atoms with Gasteiger partial charge in [0.25, 0.3) is 5.78 Å². The summed E-state index contributed by atoms with van der Waals surface area (Å²) in [6.45, 7) is 0.666. The highest BCUT2D eigenvalue weighted by atomic mass is 32.1. The van der Waals surface area contributed by atoms with Crippen LogP contribution in [-0.2, 0) is 17.6 Å². The van der Waals surface area contributed by atoms with E-state index in [9.17, 15) is 4.79 Å². The largest absolute Gasteiger partial charge is 0.356 e. The summed E-state index contributed by atoms with van der Waals surface area (Å²) in [5.74, 6) is 0.672. The molecule has 21 heavy (non-hydrogen) atoms. The monoisotopic (exact) mass is 301 g/mol. The van der Waals surface area contributed by atoms with Crippen molar-refractivity contribution < 1.29 is 4.79 Å². The second-order valence-electron chi connectivity index (χ2n) is 4.68. The molecule has 3 aromatic heterocycles. The Bertz CT molecular complexity index is 722. The number of carbonyl (C=O) groups excluding carboxylic acids is 1. The molecular formula is C14H15N5OS. The Hall–Kier alpha value is -2.28. The van der Waals surface area contributed by atoms with Gasteiger partial charge in [-0.2, -0.15) is 10.1 Å². The van der Waals surface area contributed by atoms with Gasteiger partial charge in [-0.3, -0.25) is 4.79 Å². The molecule has 0 aliphatic rings. The number of hydrogen-bond acceptors (Lipinski definition) is 5. The molecule has 0 aliphatic heterocycles. The van der Waals surface area contributed by atoms with Crippen LogP contribution in [0.3, 0.4) is 0 Å². The van der Waals surface area contributed by atoms with Crippen molar-refractivity contribution >= 4 is 23.0 Å². The van der Waals surface area contributed by atoms with E-state index in [0.717, 1.165) is 23.3 Å². The molecule has 0 atom stereocenters. The van der Waals surface area contributed by atoms with Crippen LogP contribution in [0.1, 0.15) is 16.9 Å². The number of hydrogen-bond donors (Lipinski definition) is 1. The molecule has 3 rings (SSSR count). The van der Waals surface area contributed by atoms with Crippen LogP contribution in [0.2, 0.25) is 0 Å². The van der Waals surface area contributed by atoms with Gasteiger partial charge in [-0.05, 0) is 29.9 Å². The number of nitrogens with one attached hydrogen (secondary N) is 1. The fraction of sp³-hybridized carbons (Fsp3) is 0.286. The molecule has 3 aromatic rings. The zero-order valence-corrected chi connectivity index (χ0v) is 12.2. The summed E-state index contributed by atoms with van der Waals surface area (Å²) < 4.78 is 1.66. The van der Waals surface area contributed by atoms with Crippen LogP contribution in [0.5, 0.6) is 0 Å². The molecule has 108 valence electrons. The fourth-order valence-corrected chi connectivity index (χ4v) is 2.75. The number of amides is 1. The molecule has 0 unspecified atom stereocenters. The minimum absolute atomic E-state index is 0.0716. The molecule has 0 aromatic carbocycles. The maximum Gasteiger partial charge on any atom is 0.252 e. The van der Waals surface area contributed by atoms with Crippen molar-refractivity contribution in [1.29, 1.82) is 0 Å². The van der Waals surface area contributed by atoms with Gasteiger partial charge in [-0.25, -0.2) is 9.50 Å².